The van der Waals surface area contributed by atoms with Crippen molar-refractivity contribution in [3.8, 4) is 5.75 Å². The third kappa shape index (κ3) is 4.26. The van der Waals surface area contributed by atoms with E-state index in [1.54, 1.807) is 18.2 Å². The smallest absolute Gasteiger partial charge is 0.139 e. The minimum Gasteiger partial charge on any atom is -0.491 e. The first kappa shape index (κ1) is 12.6. The Balaban J connectivity index is 2.34. The van der Waals surface area contributed by atoms with Gasteiger partial charge in [-0.15, -0.1) is 0 Å². The van der Waals surface area contributed by atoms with Crippen LogP contribution in [-0.2, 0) is 0 Å². The highest BCUT2D eigenvalue weighted by atomic mass is 35.5. The first-order valence-electron chi connectivity index (χ1n) is 4.64. The van der Waals surface area contributed by atoms with E-state index in [1.807, 2.05) is 0 Å². The normalized spacial score (nSPS) is 10.3. The van der Waals surface area contributed by atoms with Crippen molar-refractivity contribution in [2.45, 2.75) is 0 Å². The summed E-state index contributed by atoms with van der Waals surface area (Å²) in [7, 11) is 0. The molecule has 1 aromatic carbocycles. The number of aliphatic hydroxyl groups is 1. The zero-order valence-corrected chi connectivity index (χ0v) is 9.68. The molecule has 0 heterocycles. The van der Waals surface area contributed by atoms with Gasteiger partial charge in [-0.25, -0.2) is 0 Å². The molecule has 84 valence electrons. The second-order valence-corrected chi connectivity index (χ2v) is 3.66. The fourth-order valence-electron chi connectivity index (χ4n) is 1.03. The van der Waals surface area contributed by atoms with Crippen molar-refractivity contribution in [2.24, 2.45) is 0 Å². The van der Waals surface area contributed by atoms with Crippen LogP contribution in [0.5, 0.6) is 5.75 Å². The molecule has 0 spiro atoms. The number of aliphatic hydroxyl groups excluding tert-OH is 1. The van der Waals surface area contributed by atoms with Gasteiger partial charge in [0.1, 0.15) is 17.4 Å². The van der Waals surface area contributed by atoms with E-state index in [2.05, 4.69) is 5.32 Å². The summed E-state index contributed by atoms with van der Waals surface area (Å²) in [4.78, 5) is 0. The van der Waals surface area contributed by atoms with Crippen LogP contribution in [0.4, 0.5) is 0 Å². The lowest BCUT2D eigenvalue weighted by molar-refractivity contribution is 0.276. The van der Waals surface area contributed by atoms with Gasteiger partial charge in [0.25, 0.3) is 0 Å². The molecule has 0 amide bonds. The highest BCUT2D eigenvalue weighted by Gasteiger charge is 2.04. The van der Waals surface area contributed by atoms with Gasteiger partial charge in [0.15, 0.2) is 0 Å². The Morgan fingerprint density at radius 1 is 1.27 bits per heavy atom. The van der Waals surface area contributed by atoms with Gasteiger partial charge in [-0.05, 0) is 12.1 Å². The summed E-state index contributed by atoms with van der Waals surface area (Å²) in [6.45, 7) is 1.83. The summed E-state index contributed by atoms with van der Waals surface area (Å²) in [5.74, 6) is 0.579. The number of rotatable bonds is 6. The van der Waals surface area contributed by atoms with E-state index < -0.39 is 0 Å². The van der Waals surface area contributed by atoms with Gasteiger partial charge in [0.2, 0.25) is 0 Å². The molecule has 1 rings (SSSR count). The lowest BCUT2D eigenvalue weighted by Crippen LogP contribution is -2.24. The van der Waals surface area contributed by atoms with Crippen molar-refractivity contribution >= 4 is 23.2 Å². The lowest BCUT2D eigenvalue weighted by atomic mass is 10.3. The maximum atomic E-state index is 8.52. The monoisotopic (exact) mass is 249 g/mol. The third-order valence-corrected chi connectivity index (χ3v) is 2.54. The summed E-state index contributed by atoms with van der Waals surface area (Å²) >= 11 is 11.7. The molecule has 1 aromatic rings. The van der Waals surface area contributed by atoms with Crippen LogP contribution in [0.2, 0.25) is 10.0 Å². The van der Waals surface area contributed by atoms with Crippen LogP contribution in [0.3, 0.4) is 0 Å². The number of hydrogen-bond donors (Lipinski definition) is 2. The van der Waals surface area contributed by atoms with Crippen LogP contribution in [0.1, 0.15) is 0 Å². The Kier molecular flexibility index (Phi) is 5.79. The van der Waals surface area contributed by atoms with Gasteiger partial charge >= 0.3 is 0 Å². The Hall–Kier alpha value is -0.480. The lowest BCUT2D eigenvalue weighted by Gasteiger charge is -2.08. The van der Waals surface area contributed by atoms with Crippen molar-refractivity contribution in [3.63, 3.8) is 0 Å². The van der Waals surface area contributed by atoms with E-state index in [-0.39, 0.29) is 6.61 Å². The third-order valence-electron chi connectivity index (χ3n) is 1.74. The van der Waals surface area contributed by atoms with Crippen molar-refractivity contribution in [2.75, 3.05) is 26.3 Å². The molecule has 0 saturated heterocycles. The second kappa shape index (κ2) is 6.90. The molecule has 15 heavy (non-hydrogen) atoms. The van der Waals surface area contributed by atoms with Crippen LogP contribution in [0.15, 0.2) is 18.2 Å². The Morgan fingerprint density at radius 2 is 2.07 bits per heavy atom. The van der Waals surface area contributed by atoms with Crippen LogP contribution < -0.4 is 10.1 Å². The molecule has 0 unspecified atom stereocenters. The minimum absolute atomic E-state index is 0.123. The quantitative estimate of drug-likeness (QED) is 0.758. The summed E-state index contributed by atoms with van der Waals surface area (Å²) in [6.07, 6.45) is 0. The molecule has 3 nitrogen and oxygen atoms in total. The zero-order valence-electron chi connectivity index (χ0n) is 8.17. The summed E-state index contributed by atoms with van der Waals surface area (Å²) in [5, 5.41) is 12.4. The number of hydrogen-bond acceptors (Lipinski definition) is 3. The van der Waals surface area contributed by atoms with Crippen molar-refractivity contribution in [1.29, 1.82) is 0 Å². The molecule has 0 radical (unpaired) electrons. The predicted octanol–water partition coefficient (Wildman–Crippen LogP) is 1.95. The minimum atomic E-state index is 0.123. The Morgan fingerprint density at radius 3 is 2.80 bits per heavy atom. The maximum absolute atomic E-state index is 8.52. The van der Waals surface area contributed by atoms with Crippen molar-refractivity contribution < 1.29 is 9.84 Å². The maximum Gasteiger partial charge on any atom is 0.139 e. The SMILES string of the molecule is OCCNCCOc1cccc(Cl)c1Cl. The predicted molar refractivity (Wildman–Crippen MR) is 61.9 cm³/mol. The van der Waals surface area contributed by atoms with E-state index in [4.69, 9.17) is 33.0 Å². The fourth-order valence-corrected chi connectivity index (χ4v) is 1.38. The molecule has 2 N–H and O–H groups in total. The molecular formula is C10H13Cl2NO2. The van der Waals surface area contributed by atoms with E-state index in [0.717, 1.165) is 0 Å². The van der Waals surface area contributed by atoms with E-state index in [0.29, 0.717) is 35.5 Å². The Bertz CT molecular complexity index is 307. The second-order valence-electron chi connectivity index (χ2n) is 2.87. The van der Waals surface area contributed by atoms with Gasteiger partial charge in [0, 0.05) is 13.1 Å². The Labute approximate surface area is 99.0 Å². The molecule has 0 aromatic heterocycles. The van der Waals surface area contributed by atoms with E-state index in [1.165, 1.54) is 0 Å². The molecule has 0 saturated carbocycles. The highest BCUT2D eigenvalue weighted by molar-refractivity contribution is 6.42. The summed E-state index contributed by atoms with van der Waals surface area (Å²) in [5.41, 5.74) is 0. The van der Waals surface area contributed by atoms with E-state index >= 15 is 0 Å². The zero-order chi connectivity index (χ0) is 11.1. The van der Waals surface area contributed by atoms with Crippen molar-refractivity contribution in [1.82, 2.24) is 5.32 Å². The van der Waals surface area contributed by atoms with Gasteiger partial charge in [-0.2, -0.15) is 0 Å². The van der Waals surface area contributed by atoms with Gasteiger partial charge in [-0.3, -0.25) is 0 Å². The first-order chi connectivity index (χ1) is 7.25. The standard InChI is InChI=1S/C10H13Cl2NO2/c11-8-2-1-3-9(10(8)12)15-7-5-13-4-6-14/h1-3,13-14H,4-7H2. The average molecular weight is 250 g/mol. The van der Waals surface area contributed by atoms with Crippen LogP contribution in [0, 0.1) is 0 Å². The molecular weight excluding hydrogens is 237 g/mol. The topological polar surface area (TPSA) is 41.5 Å². The average Bonchev–Trinajstić information content (AvgIpc) is 2.24. The van der Waals surface area contributed by atoms with Crippen molar-refractivity contribution in [3.05, 3.63) is 28.2 Å². The van der Waals surface area contributed by atoms with Gasteiger partial charge < -0.3 is 15.2 Å². The van der Waals surface area contributed by atoms with E-state index in [9.17, 15) is 0 Å². The number of ether oxygens (including phenoxy) is 1. The summed E-state index contributed by atoms with van der Waals surface area (Å²) < 4.78 is 5.40. The molecule has 0 aliphatic rings. The number of nitrogens with one attached hydrogen (secondary N) is 1. The molecule has 5 heteroatoms. The molecule has 0 bridgehead atoms. The molecule has 0 fully saturated rings. The van der Waals surface area contributed by atoms with Crippen LogP contribution in [-0.4, -0.2) is 31.4 Å². The molecule has 0 aliphatic carbocycles. The van der Waals surface area contributed by atoms with Gasteiger partial charge in [0.05, 0.1) is 11.6 Å². The summed E-state index contributed by atoms with van der Waals surface area (Å²) in [6, 6.07) is 5.26. The van der Waals surface area contributed by atoms with Crippen LogP contribution >= 0.6 is 23.2 Å². The van der Waals surface area contributed by atoms with Crippen LogP contribution in [0.25, 0.3) is 0 Å². The number of benzene rings is 1. The molecule has 0 aliphatic heterocycles. The largest absolute Gasteiger partial charge is 0.491 e. The molecule has 0 atom stereocenters. The highest BCUT2D eigenvalue weighted by Crippen LogP contribution is 2.31. The first-order valence-corrected chi connectivity index (χ1v) is 5.39. The number of halogens is 2. The van der Waals surface area contributed by atoms with Gasteiger partial charge in [-0.1, -0.05) is 29.3 Å². The fraction of sp³-hybridized carbons (Fsp3) is 0.400.